The van der Waals surface area contributed by atoms with Crippen LogP contribution in [0.2, 0.25) is 0 Å². The van der Waals surface area contributed by atoms with E-state index < -0.39 is 0 Å². The molecule has 0 spiro atoms. The lowest BCUT2D eigenvalue weighted by Gasteiger charge is -2.44. The van der Waals surface area contributed by atoms with Crippen LogP contribution in [0.1, 0.15) is 19.8 Å². The number of hydrogen-bond donors (Lipinski definition) is 1. The van der Waals surface area contributed by atoms with Gasteiger partial charge in [-0.2, -0.15) is 0 Å². The van der Waals surface area contributed by atoms with Crippen LogP contribution in [0.3, 0.4) is 0 Å². The molecule has 0 radical (unpaired) electrons. The second kappa shape index (κ2) is 4.88. The Morgan fingerprint density at radius 3 is 3.00 bits per heavy atom. The van der Waals surface area contributed by atoms with Crippen molar-refractivity contribution in [2.75, 3.05) is 30.3 Å². The fourth-order valence-corrected chi connectivity index (χ4v) is 3.96. The molecule has 110 valence electrons. The molecule has 1 aromatic heterocycles. The molecule has 21 heavy (non-hydrogen) atoms. The van der Waals surface area contributed by atoms with Crippen LogP contribution in [0.4, 0.5) is 11.4 Å². The van der Waals surface area contributed by atoms with E-state index in [4.69, 9.17) is 5.73 Å². The van der Waals surface area contributed by atoms with Gasteiger partial charge in [-0.25, -0.2) is 0 Å². The molecule has 3 heterocycles. The number of pyridine rings is 1. The van der Waals surface area contributed by atoms with Gasteiger partial charge in [0, 0.05) is 30.6 Å². The number of aromatic nitrogens is 1. The maximum atomic E-state index is 6.30. The highest BCUT2D eigenvalue weighted by Crippen LogP contribution is 2.36. The van der Waals surface area contributed by atoms with Crippen LogP contribution in [-0.4, -0.2) is 41.6 Å². The third-order valence-electron chi connectivity index (χ3n) is 5.00. The quantitative estimate of drug-likeness (QED) is 0.873. The van der Waals surface area contributed by atoms with Crippen molar-refractivity contribution in [3.63, 3.8) is 0 Å². The monoisotopic (exact) mass is 282 g/mol. The van der Waals surface area contributed by atoms with Crippen molar-refractivity contribution >= 4 is 22.3 Å². The van der Waals surface area contributed by atoms with E-state index in [0.29, 0.717) is 12.1 Å². The molecule has 2 atom stereocenters. The highest BCUT2D eigenvalue weighted by molar-refractivity contribution is 5.97. The first-order valence-electron chi connectivity index (χ1n) is 7.88. The van der Waals surface area contributed by atoms with Gasteiger partial charge in [0.2, 0.25) is 0 Å². The molecule has 2 aliphatic heterocycles. The van der Waals surface area contributed by atoms with Crippen LogP contribution < -0.4 is 10.6 Å². The average Bonchev–Trinajstić information content (AvgIpc) is 2.94. The Morgan fingerprint density at radius 1 is 1.24 bits per heavy atom. The molecule has 2 fully saturated rings. The predicted octanol–water partition coefficient (Wildman–Crippen LogP) is 2.49. The molecule has 4 rings (SSSR count). The van der Waals surface area contributed by atoms with Crippen molar-refractivity contribution in [3.05, 3.63) is 30.5 Å². The summed E-state index contributed by atoms with van der Waals surface area (Å²) in [6, 6.07) is 9.49. The second-order valence-electron chi connectivity index (χ2n) is 6.37. The van der Waals surface area contributed by atoms with Gasteiger partial charge in [-0.05, 0) is 32.4 Å². The number of nitrogens with zero attached hydrogens (tertiary/aromatic N) is 3. The summed E-state index contributed by atoms with van der Waals surface area (Å²) in [7, 11) is 0. The Kier molecular flexibility index (Phi) is 3.00. The van der Waals surface area contributed by atoms with Crippen molar-refractivity contribution in [2.24, 2.45) is 0 Å². The molecule has 4 nitrogen and oxygen atoms in total. The molecule has 0 amide bonds. The van der Waals surface area contributed by atoms with E-state index in [1.807, 2.05) is 12.3 Å². The lowest BCUT2D eigenvalue weighted by molar-refractivity contribution is 0.203. The first-order valence-corrected chi connectivity index (χ1v) is 7.88. The Morgan fingerprint density at radius 2 is 2.10 bits per heavy atom. The summed E-state index contributed by atoms with van der Waals surface area (Å²) in [5.74, 6) is 0. The van der Waals surface area contributed by atoms with Gasteiger partial charge in [0.15, 0.2) is 0 Å². The Labute approximate surface area is 125 Å². The van der Waals surface area contributed by atoms with Gasteiger partial charge in [-0.3, -0.25) is 9.88 Å². The first kappa shape index (κ1) is 12.9. The van der Waals surface area contributed by atoms with Crippen LogP contribution in [0, 0.1) is 0 Å². The van der Waals surface area contributed by atoms with E-state index in [-0.39, 0.29) is 0 Å². The van der Waals surface area contributed by atoms with Crippen molar-refractivity contribution in [2.45, 2.75) is 31.8 Å². The van der Waals surface area contributed by atoms with Gasteiger partial charge in [0.1, 0.15) is 0 Å². The van der Waals surface area contributed by atoms with Crippen molar-refractivity contribution < 1.29 is 0 Å². The van der Waals surface area contributed by atoms with E-state index >= 15 is 0 Å². The molecule has 2 aliphatic rings. The number of piperazine rings is 1. The normalized spacial score (nSPS) is 26.2. The predicted molar refractivity (Wildman–Crippen MR) is 87.6 cm³/mol. The number of anilines is 2. The highest BCUT2D eigenvalue weighted by Gasteiger charge is 2.35. The number of benzene rings is 1. The van der Waals surface area contributed by atoms with Crippen LogP contribution >= 0.6 is 0 Å². The number of hydrogen-bond acceptors (Lipinski definition) is 4. The summed E-state index contributed by atoms with van der Waals surface area (Å²) in [6.07, 6.45) is 4.45. The minimum absolute atomic E-state index is 0.493. The third-order valence-corrected chi connectivity index (χ3v) is 5.00. The van der Waals surface area contributed by atoms with Crippen molar-refractivity contribution in [1.82, 2.24) is 9.88 Å². The Hall–Kier alpha value is -1.81. The van der Waals surface area contributed by atoms with Crippen LogP contribution in [-0.2, 0) is 0 Å². The summed E-state index contributed by atoms with van der Waals surface area (Å²) in [5.41, 5.74) is 9.31. The van der Waals surface area contributed by atoms with Gasteiger partial charge in [-0.1, -0.05) is 18.2 Å². The van der Waals surface area contributed by atoms with E-state index in [2.05, 4.69) is 39.9 Å². The minimum atomic E-state index is 0.493. The maximum absolute atomic E-state index is 6.30. The standard InChI is InChI=1S/C17H22N4/c1-12-10-20-8-4-5-13(20)11-21(12)17-14-6-2-3-7-16(14)19-9-15(17)18/h2-3,6-7,9,12-13H,4-5,8,10-11,18H2,1H3. The summed E-state index contributed by atoms with van der Waals surface area (Å²) in [5, 5.41) is 1.18. The summed E-state index contributed by atoms with van der Waals surface area (Å²) >= 11 is 0. The van der Waals surface area contributed by atoms with E-state index in [1.54, 1.807) is 0 Å². The number of nitrogens with two attached hydrogens (primary N) is 1. The third kappa shape index (κ3) is 2.05. The molecule has 2 unspecified atom stereocenters. The number of nitrogen functional groups attached to an aromatic ring is 1. The molecule has 2 saturated heterocycles. The lowest BCUT2D eigenvalue weighted by Crippen LogP contribution is -2.55. The van der Waals surface area contributed by atoms with E-state index in [0.717, 1.165) is 24.3 Å². The lowest BCUT2D eigenvalue weighted by atomic mass is 10.0. The first-order chi connectivity index (χ1) is 10.2. The van der Waals surface area contributed by atoms with E-state index in [1.165, 1.54) is 30.5 Å². The topological polar surface area (TPSA) is 45.4 Å². The molecule has 1 aromatic carbocycles. The molecule has 2 aromatic rings. The van der Waals surface area contributed by atoms with Gasteiger partial charge in [0.25, 0.3) is 0 Å². The smallest absolute Gasteiger partial charge is 0.0745 e. The fraction of sp³-hybridized carbons (Fsp3) is 0.471. The summed E-state index contributed by atoms with van der Waals surface area (Å²) < 4.78 is 0. The zero-order chi connectivity index (χ0) is 14.4. The van der Waals surface area contributed by atoms with Crippen molar-refractivity contribution in [1.29, 1.82) is 0 Å². The van der Waals surface area contributed by atoms with Crippen molar-refractivity contribution in [3.8, 4) is 0 Å². The second-order valence-corrected chi connectivity index (χ2v) is 6.37. The van der Waals surface area contributed by atoms with Gasteiger partial charge >= 0.3 is 0 Å². The average molecular weight is 282 g/mol. The largest absolute Gasteiger partial charge is 0.396 e. The Bertz CT molecular complexity index is 669. The zero-order valence-corrected chi connectivity index (χ0v) is 12.5. The van der Waals surface area contributed by atoms with Gasteiger partial charge in [0.05, 0.1) is 23.1 Å². The molecule has 0 aliphatic carbocycles. The van der Waals surface area contributed by atoms with E-state index in [9.17, 15) is 0 Å². The zero-order valence-electron chi connectivity index (χ0n) is 12.5. The molecule has 0 saturated carbocycles. The maximum Gasteiger partial charge on any atom is 0.0745 e. The minimum Gasteiger partial charge on any atom is -0.396 e. The molecule has 4 heteroatoms. The summed E-state index contributed by atoms with van der Waals surface area (Å²) in [6.45, 7) is 5.79. The van der Waals surface area contributed by atoms with Gasteiger partial charge < -0.3 is 10.6 Å². The van der Waals surface area contributed by atoms with Gasteiger partial charge in [-0.15, -0.1) is 0 Å². The highest BCUT2D eigenvalue weighted by atomic mass is 15.3. The van der Waals surface area contributed by atoms with Crippen LogP contribution in [0.25, 0.3) is 10.9 Å². The molecule has 0 bridgehead atoms. The number of rotatable bonds is 1. The Balaban J connectivity index is 1.80. The number of para-hydroxylation sites is 1. The molecular formula is C17H22N4. The van der Waals surface area contributed by atoms with Crippen LogP contribution in [0.5, 0.6) is 0 Å². The fourth-order valence-electron chi connectivity index (χ4n) is 3.96. The number of fused-ring (bicyclic) bond motifs is 2. The SMILES string of the molecule is CC1CN2CCCC2CN1c1c(N)cnc2ccccc12. The molecular weight excluding hydrogens is 260 g/mol. The summed E-state index contributed by atoms with van der Waals surface area (Å²) in [4.78, 5) is 9.61. The molecule has 2 N–H and O–H groups in total. The van der Waals surface area contributed by atoms with Crippen LogP contribution in [0.15, 0.2) is 30.5 Å².